The van der Waals surface area contributed by atoms with Gasteiger partial charge in [-0.25, -0.2) is 5.43 Å². The van der Waals surface area contributed by atoms with Crippen molar-refractivity contribution in [2.45, 2.75) is 13.1 Å². The van der Waals surface area contributed by atoms with Gasteiger partial charge in [0.15, 0.2) is 6.54 Å². The molecule has 23 heavy (non-hydrogen) atoms. The largest absolute Gasteiger partial charge is 0.497 e. The van der Waals surface area contributed by atoms with Crippen LogP contribution in [0.25, 0.3) is 0 Å². The van der Waals surface area contributed by atoms with Crippen LogP contribution in [0.2, 0.25) is 0 Å². The topological polar surface area (TPSA) is 73.2 Å². The highest BCUT2D eigenvalue weighted by atomic mass is 16.5. The summed E-state index contributed by atoms with van der Waals surface area (Å²) in [5.41, 5.74) is 3.73. The van der Waals surface area contributed by atoms with E-state index in [2.05, 4.69) is 10.5 Å². The Balaban J connectivity index is 1.58. The van der Waals surface area contributed by atoms with Gasteiger partial charge in [0.05, 0.1) is 13.4 Å². The maximum absolute atomic E-state index is 12.2. The van der Waals surface area contributed by atoms with E-state index < -0.39 is 0 Å². The molecule has 0 unspecified atom stereocenters. The van der Waals surface area contributed by atoms with Crippen molar-refractivity contribution in [2.24, 2.45) is 0 Å². The molecule has 1 N–H and O–H groups in total. The van der Waals surface area contributed by atoms with Gasteiger partial charge in [-0.05, 0) is 41.5 Å². The molecule has 2 heterocycles. The number of furan rings is 1. The Morgan fingerprint density at radius 1 is 1.35 bits per heavy atom. The van der Waals surface area contributed by atoms with Crippen LogP contribution in [0.15, 0.2) is 59.7 Å². The quantitative estimate of drug-likeness (QED) is 0.527. The average Bonchev–Trinajstić information content (AvgIpc) is 3.24. The Morgan fingerprint density at radius 3 is 2.87 bits per heavy atom. The second-order valence-corrected chi connectivity index (χ2v) is 4.92. The molecule has 0 radical (unpaired) electrons. The lowest BCUT2D eigenvalue weighted by Crippen LogP contribution is -2.39. The Bertz CT molecular complexity index is 763. The van der Waals surface area contributed by atoms with Crippen molar-refractivity contribution in [2.75, 3.05) is 12.5 Å². The van der Waals surface area contributed by atoms with Gasteiger partial charge in [0.1, 0.15) is 18.1 Å². The average molecular weight is 313 g/mol. The maximum Gasteiger partial charge on any atom is 0.289 e. The molecular formula is C16H17N4O3+. The number of hydrogen-bond acceptors (Lipinski definition) is 5. The van der Waals surface area contributed by atoms with Gasteiger partial charge in [-0.1, -0.05) is 0 Å². The van der Waals surface area contributed by atoms with E-state index in [1.807, 2.05) is 12.1 Å². The summed E-state index contributed by atoms with van der Waals surface area (Å²) in [6.07, 6.45) is 4.94. The number of methoxy groups -OCH3 is 1. The molecule has 0 aliphatic heterocycles. The van der Waals surface area contributed by atoms with Gasteiger partial charge in [-0.15, -0.1) is 9.36 Å². The third kappa shape index (κ3) is 3.76. The summed E-state index contributed by atoms with van der Waals surface area (Å²) in [5, 5.41) is 4.16. The van der Waals surface area contributed by atoms with E-state index in [4.69, 9.17) is 9.15 Å². The molecule has 7 heteroatoms. The molecule has 0 aliphatic rings. The van der Waals surface area contributed by atoms with Crippen LogP contribution in [0.5, 0.6) is 5.75 Å². The first-order chi connectivity index (χ1) is 11.2. The first-order valence-electron chi connectivity index (χ1n) is 7.12. The SMILES string of the molecule is COc1ccc(C(=O)C[n+]2cn(NCc3ccco3)cn2)cc1. The van der Waals surface area contributed by atoms with E-state index >= 15 is 0 Å². The first-order valence-corrected chi connectivity index (χ1v) is 7.12. The molecule has 0 amide bonds. The molecule has 1 aromatic carbocycles. The standard InChI is InChI=1S/C16H17N4O3/c1-22-14-6-4-13(5-7-14)16(21)10-19-12-20(11-18-19)17-9-15-3-2-8-23-15/h2-8,11-12,17H,9-10H2,1H3/q+1. The van der Waals surface area contributed by atoms with E-state index in [-0.39, 0.29) is 12.3 Å². The summed E-state index contributed by atoms with van der Waals surface area (Å²) in [6, 6.07) is 10.7. The van der Waals surface area contributed by atoms with Crippen molar-refractivity contribution in [1.29, 1.82) is 0 Å². The zero-order chi connectivity index (χ0) is 16.1. The normalized spacial score (nSPS) is 10.5. The Labute approximate surface area is 133 Å². The third-order valence-electron chi connectivity index (χ3n) is 3.32. The van der Waals surface area contributed by atoms with Crippen LogP contribution in [0, 0.1) is 0 Å². The molecule has 0 spiro atoms. The van der Waals surface area contributed by atoms with E-state index in [1.54, 1.807) is 59.7 Å². The van der Waals surface area contributed by atoms with Crippen molar-refractivity contribution in [3.63, 3.8) is 0 Å². The number of ketones is 1. The van der Waals surface area contributed by atoms with Gasteiger partial charge >= 0.3 is 0 Å². The first kappa shape index (κ1) is 14.8. The molecule has 7 nitrogen and oxygen atoms in total. The van der Waals surface area contributed by atoms with Gasteiger partial charge in [-0.3, -0.25) is 4.79 Å². The Hall–Kier alpha value is -3.09. The highest BCUT2D eigenvalue weighted by molar-refractivity contribution is 5.95. The number of nitrogens with zero attached hydrogens (tertiary/aromatic N) is 3. The van der Waals surface area contributed by atoms with Crippen LogP contribution in [0.1, 0.15) is 16.1 Å². The van der Waals surface area contributed by atoms with Crippen LogP contribution in [0.3, 0.4) is 0 Å². The fourth-order valence-electron chi connectivity index (χ4n) is 2.09. The molecule has 118 valence electrons. The summed E-state index contributed by atoms with van der Waals surface area (Å²) in [4.78, 5) is 12.2. The van der Waals surface area contributed by atoms with Crippen molar-refractivity contribution in [3.05, 3.63) is 66.6 Å². The number of benzene rings is 1. The van der Waals surface area contributed by atoms with Crippen LogP contribution < -0.4 is 14.8 Å². The highest BCUT2D eigenvalue weighted by Gasteiger charge is 2.13. The molecule has 3 aromatic rings. The number of aromatic nitrogens is 3. The minimum Gasteiger partial charge on any atom is -0.497 e. The lowest BCUT2D eigenvalue weighted by Gasteiger charge is -2.01. The summed E-state index contributed by atoms with van der Waals surface area (Å²) >= 11 is 0. The minimum atomic E-state index is -0.0195. The number of ether oxygens (including phenoxy) is 1. The molecular weight excluding hydrogens is 296 g/mol. The fraction of sp³-hybridized carbons (Fsp3) is 0.188. The zero-order valence-electron chi connectivity index (χ0n) is 12.7. The Kier molecular flexibility index (Phi) is 4.37. The van der Waals surface area contributed by atoms with Crippen LogP contribution in [-0.2, 0) is 13.1 Å². The predicted octanol–water partition coefficient (Wildman–Crippen LogP) is 1.40. The monoisotopic (exact) mass is 313 g/mol. The van der Waals surface area contributed by atoms with E-state index in [0.29, 0.717) is 12.1 Å². The van der Waals surface area contributed by atoms with Crippen molar-refractivity contribution < 1.29 is 18.6 Å². The second kappa shape index (κ2) is 6.78. The van der Waals surface area contributed by atoms with E-state index in [0.717, 1.165) is 11.5 Å². The summed E-state index contributed by atoms with van der Waals surface area (Å²) in [7, 11) is 1.59. The predicted molar refractivity (Wildman–Crippen MR) is 81.5 cm³/mol. The van der Waals surface area contributed by atoms with Crippen LogP contribution in [-0.4, -0.2) is 22.7 Å². The summed E-state index contributed by atoms with van der Waals surface area (Å²) in [6.45, 7) is 0.706. The summed E-state index contributed by atoms with van der Waals surface area (Å²) in [5.74, 6) is 1.52. The number of carbonyl (C=O) groups excluding carboxylic acids is 1. The van der Waals surface area contributed by atoms with E-state index in [9.17, 15) is 4.79 Å². The van der Waals surface area contributed by atoms with Crippen molar-refractivity contribution >= 4 is 5.78 Å². The lowest BCUT2D eigenvalue weighted by atomic mass is 10.1. The number of hydrogen-bond donors (Lipinski definition) is 1. The molecule has 0 saturated heterocycles. The lowest BCUT2D eigenvalue weighted by molar-refractivity contribution is -0.739. The molecule has 3 rings (SSSR count). The highest BCUT2D eigenvalue weighted by Crippen LogP contribution is 2.11. The van der Waals surface area contributed by atoms with Gasteiger partial charge in [0.2, 0.25) is 12.1 Å². The van der Waals surface area contributed by atoms with Gasteiger partial charge in [0, 0.05) is 5.56 Å². The van der Waals surface area contributed by atoms with Crippen LogP contribution in [0.4, 0.5) is 0 Å². The van der Waals surface area contributed by atoms with Gasteiger partial charge < -0.3 is 9.15 Å². The molecule has 0 saturated carbocycles. The molecule has 0 fully saturated rings. The van der Waals surface area contributed by atoms with E-state index in [1.165, 1.54) is 0 Å². The number of carbonyl (C=O) groups is 1. The molecule has 0 aliphatic carbocycles. The Morgan fingerprint density at radius 2 is 2.17 bits per heavy atom. The third-order valence-corrected chi connectivity index (χ3v) is 3.32. The fourth-order valence-corrected chi connectivity index (χ4v) is 2.09. The maximum atomic E-state index is 12.2. The van der Waals surface area contributed by atoms with Crippen LogP contribution >= 0.6 is 0 Å². The number of Topliss-reactive ketones (excluding diaryl/α,β-unsaturated/α-hetero) is 1. The second-order valence-electron chi connectivity index (χ2n) is 4.92. The van der Waals surface area contributed by atoms with Crippen molar-refractivity contribution in [1.82, 2.24) is 9.77 Å². The van der Waals surface area contributed by atoms with Gasteiger partial charge in [-0.2, -0.15) is 0 Å². The smallest absolute Gasteiger partial charge is 0.289 e. The molecule has 0 bridgehead atoms. The number of nitrogens with one attached hydrogen (secondary N) is 1. The molecule has 2 aromatic heterocycles. The minimum absolute atomic E-state index is 0.0195. The number of rotatable bonds is 7. The zero-order valence-corrected chi connectivity index (χ0v) is 12.7. The summed E-state index contributed by atoms with van der Waals surface area (Å²) < 4.78 is 13.6. The van der Waals surface area contributed by atoms with Gasteiger partial charge in [0.25, 0.3) is 6.33 Å². The van der Waals surface area contributed by atoms with Crippen molar-refractivity contribution in [3.8, 4) is 5.75 Å². The molecule has 0 atom stereocenters.